The topological polar surface area (TPSA) is 67.4 Å². The highest BCUT2D eigenvalue weighted by Gasteiger charge is 2.16. The molecule has 1 aliphatic rings. The summed E-state index contributed by atoms with van der Waals surface area (Å²) in [7, 11) is 1.31. The first-order valence-corrected chi connectivity index (χ1v) is 5.26. The lowest BCUT2D eigenvalue weighted by Gasteiger charge is -2.21. The fraction of sp³-hybridized carbons (Fsp3) is 0.800. The molecule has 1 heterocycles. The van der Waals surface area contributed by atoms with Crippen molar-refractivity contribution in [1.29, 1.82) is 0 Å². The van der Waals surface area contributed by atoms with E-state index in [4.69, 9.17) is 0 Å². The van der Waals surface area contributed by atoms with Crippen LogP contribution in [0.4, 0.5) is 0 Å². The van der Waals surface area contributed by atoms with Gasteiger partial charge in [-0.2, -0.15) is 0 Å². The second kappa shape index (κ2) is 6.40. The van der Waals surface area contributed by atoms with Gasteiger partial charge in [0.15, 0.2) is 0 Å². The van der Waals surface area contributed by atoms with Gasteiger partial charge in [-0.25, -0.2) is 0 Å². The predicted octanol–water partition coefficient (Wildman–Crippen LogP) is -0.335. The van der Waals surface area contributed by atoms with Gasteiger partial charge in [0, 0.05) is 6.42 Å². The zero-order valence-electron chi connectivity index (χ0n) is 9.04. The van der Waals surface area contributed by atoms with Gasteiger partial charge >= 0.3 is 5.97 Å². The van der Waals surface area contributed by atoms with Gasteiger partial charge in [-0.1, -0.05) is 0 Å². The number of carbonyl (C=O) groups is 2. The molecule has 5 nitrogen and oxygen atoms in total. The summed E-state index contributed by atoms with van der Waals surface area (Å²) in [6, 6.07) is 0. The van der Waals surface area contributed by atoms with E-state index < -0.39 is 5.97 Å². The Balaban J connectivity index is 2.14. The van der Waals surface area contributed by atoms with Crippen LogP contribution in [0.1, 0.15) is 19.3 Å². The van der Waals surface area contributed by atoms with E-state index in [0.29, 0.717) is 12.3 Å². The van der Waals surface area contributed by atoms with E-state index in [1.54, 1.807) is 0 Å². The Labute approximate surface area is 89.6 Å². The molecule has 1 amide bonds. The summed E-state index contributed by atoms with van der Waals surface area (Å²) in [6.07, 6.45) is 2.69. The molecule has 1 atom stereocenters. The smallest absolute Gasteiger partial charge is 0.325 e. The Morgan fingerprint density at radius 2 is 2.33 bits per heavy atom. The van der Waals surface area contributed by atoms with Gasteiger partial charge in [0.05, 0.1) is 7.11 Å². The Bertz CT molecular complexity index is 225. The van der Waals surface area contributed by atoms with Crippen LogP contribution in [0.3, 0.4) is 0 Å². The zero-order chi connectivity index (χ0) is 11.1. The lowest BCUT2D eigenvalue weighted by atomic mass is 9.96. The maximum Gasteiger partial charge on any atom is 0.325 e. The largest absolute Gasteiger partial charge is 0.468 e. The average molecular weight is 214 g/mol. The number of amides is 1. The quantitative estimate of drug-likeness (QED) is 0.629. The minimum atomic E-state index is -0.412. The van der Waals surface area contributed by atoms with Gasteiger partial charge in [0.1, 0.15) is 6.54 Å². The highest BCUT2D eigenvalue weighted by molar-refractivity contribution is 5.81. The van der Waals surface area contributed by atoms with Crippen molar-refractivity contribution in [3.05, 3.63) is 0 Å². The summed E-state index contributed by atoms with van der Waals surface area (Å²) in [5.41, 5.74) is 0. The third-order valence-electron chi connectivity index (χ3n) is 2.53. The molecule has 1 saturated heterocycles. The lowest BCUT2D eigenvalue weighted by molar-refractivity contribution is -0.141. The number of ether oxygens (including phenoxy) is 1. The van der Waals surface area contributed by atoms with Crippen LogP contribution in [0.25, 0.3) is 0 Å². The van der Waals surface area contributed by atoms with E-state index in [9.17, 15) is 9.59 Å². The van der Waals surface area contributed by atoms with Crippen LogP contribution in [0.2, 0.25) is 0 Å². The standard InChI is InChI=1S/C10H18N2O3/c1-15-10(14)7-12-9(13)5-8-3-2-4-11-6-8/h8,11H,2-7H2,1H3,(H,12,13). The summed E-state index contributed by atoms with van der Waals surface area (Å²) in [6.45, 7) is 1.90. The number of rotatable bonds is 4. The maximum atomic E-state index is 11.4. The Morgan fingerprint density at radius 3 is 2.93 bits per heavy atom. The van der Waals surface area contributed by atoms with E-state index >= 15 is 0 Å². The van der Waals surface area contributed by atoms with Crippen molar-refractivity contribution in [3.8, 4) is 0 Å². The van der Waals surface area contributed by atoms with Crippen LogP contribution in [0.5, 0.6) is 0 Å². The number of nitrogens with one attached hydrogen (secondary N) is 2. The van der Waals surface area contributed by atoms with Crippen molar-refractivity contribution in [2.24, 2.45) is 5.92 Å². The molecule has 0 aromatic heterocycles. The molecule has 1 fully saturated rings. The van der Waals surface area contributed by atoms with Gasteiger partial charge in [0.25, 0.3) is 0 Å². The monoisotopic (exact) mass is 214 g/mol. The van der Waals surface area contributed by atoms with Crippen LogP contribution in [-0.4, -0.2) is 38.6 Å². The molecular formula is C10H18N2O3. The molecule has 1 unspecified atom stereocenters. The number of piperidine rings is 1. The number of esters is 1. The molecule has 0 radical (unpaired) electrons. The molecule has 15 heavy (non-hydrogen) atoms. The van der Waals surface area contributed by atoms with Crippen LogP contribution in [-0.2, 0) is 14.3 Å². The third kappa shape index (κ3) is 4.78. The van der Waals surface area contributed by atoms with Gasteiger partial charge < -0.3 is 15.4 Å². The fourth-order valence-electron chi connectivity index (χ4n) is 1.68. The SMILES string of the molecule is COC(=O)CNC(=O)CC1CCCNC1. The van der Waals surface area contributed by atoms with E-state index in [1.807, 2.05) is 0 Å². The van der Waals surface area contributed by atoms with Gasteiger partial charge in [-0.05, 0) is 31.8 Å². The normalized spacial score (nSPS) is 20.7. The van der Waals surface area contributed by atoms with Crippen molar-refractivity contribution < 1.29 is 14.3 Å². The molecule has 0 aromatic rings. The molecular weight excluding hydrogens is 196 g/mol. The number of hydrogen-bond acceptors (Lipinski definition) is 4. The summed E-state index contributed by atoms with van der Waals surface area (Å²) in [5, 5.41) is 5.78. The van der Waals surface area contributed by atoms with Crippen molar-refractivity contribution in [3.63, 3.8) is 0 Å². The molecule has 0 bridgehead atoms. The van der Waals surface area contributed by atoms with Crippen LogP contribution in [0.15, 0.2) is 0 Å². The molecule has 0 spiro atoms. The van der Waals surface area contributed by atoms with Crippen LogP contribution in [0, 0.1) is 5.92 Å². The predicted molar refractivity (Wildman–Crippen MR) is 55.2 cm³/mol. The number of methoxy groups -OCH3 is 1. The highest BCUT2D eigenvalue weighted by atomic mass is 16.5. The Hall–Kier alpha value is -1.10. The van der Waals surface area contributed by atoms with Crippen molar-refractivity contribution in [1.82, 2.24) is 10.6 Å². The van der Waals surface area contributed by atoms with Gasteiger partial charge in [-0.3, -0.25) is 9.59 Å². The molecule has 0 saturated carbocycles. The minimum absolute atomic E-state index is 0.0323. The van der Waals surface area contributed by atoms with E-state index in [1.165, 1.54) is 7.11 Å². The van der Waals surface area contributed by atoms with Crippen LogP contribution < -0.4 is 10.6 Å². The van der Waals surface area contributed by atoms with E-state index in [2.05, 4.69) is 15.4 Å². The lowest BCUT2D eigenvalue weighted by Crippen LogP contribution is -2.36. The first-order valence-electron chi connectivity index (χ1n) is 5.26. The minimum Gasteiger partial charge on any atom is -0.468 e. The van der Waals surface area contributed by atoms with E-state index in [-0.39, 0.29) is 12.5 Å². The molecule has 1 aliphatic heterocycles. The van der Waals surface area contributed by atoms with Crippen LogP contribution >= 0.6 is 0 Å². The van der Waals surface area contributed by atoms with Crippen molar-refractivity contribution in [2.45, 2.75) is 19.3 Å². The Morgan fingerprint density at radius 1 is 1.53 bits per heavy atom. The molecule has 86 valence electrons. The zero-order valence-corrected chi connectivity index (χ0v) is 9.04. The summed E-state index contributed by atoms with van der Waals surface area (Å²) >= 11 is 0. The second-order valence-corrected chi connectivity index (χ2v) is 3.77. The molecule has 2 N–H and O–H groups in total. The van der Waals surface area contributed by atoms with Crippen molar-refractivity contribution in [2.75, 3.05) is 26.7 Å². The number of hydrogen-bond donors (Lipinski definition) is 2. The molecule has 0 aliphatic carbocycles. The third-order valence-corrected chi connectivity index (χ3v) is 2.53. The Kier molecular flexibility index (Phi) is 5.10. The van der Waals surface area contributed by atoms with Gasteiger partial charge in [-0.15, -0.1) is 0 Å². The fourth-order valence-corrected chi connectivity index (χ4v) is 1.68. The second-order valence-electron chi connectivity index (χ2n) is 3.77. The molecule has 5 heteroatoms. The number of carbonyl (C=O) groups excluding carboxylic acids is 2. The van der Waals surface area contributed by atoms with Crippen molar-refractivity contribution >= 4 is 11.9 Å². The maximum absolute atomic E-state index is 11.4. The highest BCUT2D eigenvalue weighted by Crippen LogP contribution is 2.13. The van der Waals surface area contributed by atoms with Gasteiger partial charge in [0.2, 0.25) is 5.91 Å². The molecule has 0 aromatic carbocycles. The average Bonchev–Trinajstić information content (AvgIpc) is 2.27. The summed E-state index contributed by atoms with van der Waals surface area (Å²) < 4.78 is 4.42. The summed E-state index contributed by atoms with van der Waals surface area (Å²) in [5.74, 6) is -0.0874. The summed E-state index contributed by atoms with van der Waals surface area (Å²) in [4.78, 5) is 22.1. The first kappa shape index (κ1) is 12.0. The molecule has 1 rings (SSSR count). The first-order chi connectivity index (χ1) is 7.22. The van der Waals surface area contributed by atoms with E-state index in [0.717, 1.165) is 25.9 Å².